The van der Waals surface area contributed by atoms with Crippen LogP contribution in [0.3, 0.4) is 0 Å². The van der Waals surface area contributed by atoms with Crippen molar-refractivity contribution in [3.05, 3.63) is 24.3 Å². The van der Waals surface area contributed by atoms with Crippen LogP contribution in [0.4, 0.5) is 5.69 Å². The number of nitrogens with zero attached hydrogens (tertiary/aromatic N) is 1. The first-order valence-corrected chi connectivity index (χ1v) is 7.56. The number of ether oxygens (including phenoxy) is 1. The van der Waals surface area contributed by atoms with Gasteiger partial charge in [-0.05, 0) is 57.3 Å². The molecule has 3 aliphatic rings. The molecule has 1 unspecified atom stereocenters. The largest absolute Gasteiger partial charge is 0.494 e. The molecule has 3 aliphatic heterocycles. The molecule has 3 heteroatoms. The van der Waals surface area contributed by atoms with Gasteiger partial charge in [-0.25, -0.2) is 0 Å². The first kappa shape index (κ1) is 12.8. The Morgan fingerprint density at radius 2 is 2.16 bits per heavy atom. The van der Waals surface area contributed by atoms with Crippen molar-refractivity contribution in [2.24, 2.45) is 5.92 Å². The zero-order chi connectivity index (χ0) is 13.1. The number of hydrogen-bond acceptors (Lipinski definition) is 3. The molecule has 0 radical (unpaired) electrons. The summed E-state index contributed by atoms with van der Waals surface area (Å²) in [7, 11) is 0. The number of nitrogens with one attached hydrogen (secondary N) is 1. The van der Waals surface area contributed by atoms with Crippen molar-refractivity contribution in [3.8, 4) is 5.75 Å². The van der Waals surface area contributed by atoms with Crippen molar-refractivity contribution in [3.63, 3.8) is 0 Å². The van der Waals surface area contributed by atoms with Crippen LogP contribution < -0.4 is 10.1 Å². The van der Waals surface area contributed by atoms with Gasteiger partial charge in [-0.15, -0.1) is 0 Å². The maximum atomic E-state index is 5.54. The van der Waals surface area contributed by atoms with E-state index in [1.165, 1.54) is 38.0 Å². The van der Waals surface area contributed by atoms with Crippen LogP contribution in [0.1, 0.15) is 26.2 Å². The molecular formula is C16H24N2O. The lowest BCUT2D eigenvalue weighted by Gasteiger charge is -2.45. The van der Waals surface area contributed by atoms with E-state index in [2.05, 4.69) is 28.4 Å². The third kappa shape index (κ3) is 3.03. The lowest BCUT2D eigenvalue weighted by Crippen LogP contribution is -2.51. The molecule has 3 heterocycles. The van der Waals surface area contributed by atoms with E-state index in [1.807, 2.05) is 13.0 Å². The number of fused-ring (bicyclic) bond motifs is 3. The fourth-order valence-corrected chi connectivity index (χ4v) is 3.40. The van der Waals surface area contributed by atoms with Crippen LogP contribution in [0, 0.1) is 5.92 Å². The molecule has 3 saturated heterocycles. The van der Waals surface area contributed by atoms with E-state index in [1.54, 1.807) is 0 Å². The van der Waals surface area contributed by atoms with E-state index < -0.39 is 0 Å². The van der Waals surface area contributed by atoms with Crippen LogP contribution in [-0.4, -0.2) is 37.2 Å². The maximum absolute atomic E-state index is 5.54. The van der Waals surface area contributed by atoms with Gasteiger partial charge in [-0.1, -0.05) is 6.07 Å². The van der Waals surface area contributed by atoms with Crippen molar-refractivity contribution in [1.82, 2.24) is 4.90 Å². The molecule has 19 heavy (non-hydrogen) atoms. The molecule has 3 nitrogen and oxygen atoms in total. The molecule has 0 spiro atoms. The van der Waals surface area contributed by atoms with Gasteiger partial charge in [0.05, 0.1) is 6.61 Å². The number of benzene rings is 1. The summed E-state index contributed by atoms with van der Waals surface area (Å²) in [6, 6.07) is 9.02. The summed E-state index contributed by atoms with van der Waals surface area (Å²) < 4.78 is 5.54. The minimum atomic E-state index is 0.724. The van der Waals surface area contributed by atoms with E-state index >= 15 is 0 Å². The van der Waals surface area contributed by atoms with Gasteiger partial charge in [-0.2, -0.15) is 0 Å². The summed E-state index contributed by atoms with van der Waals surface area (Å²) in [5.41, 5.74) is 1.17. The minimum absolute atomic E-state index is 0.724. The first-order chi connectivity index (χ1) is 9.35. The van der Waals surface area contributed by atoms with Crippen molar-refractivity contribution < 1.29 is 4.74 Å². The second kappa shape index (κ2) is 5.83. The molecular weight excluding hydrogens is 236 g/mol. The molecule has 4 rings (SSSR count). The summed E-state index contributed by atoms with van der Waals surface area (Å²) >= 11 is 0. The number of rotatable bonds is 5. The Hall–Kier alpha value is -1.22. The van der Waals surface area contributed by atoms with Crippen LogP contribution >= 0.6 is 0 Å². The summed E-state index contributed by atoms with van der Waals surface area (Å²) in [5.74, 6) is 1.93. The average molecular weight is 260 g/mol. The third-order valence-corrected chi connectivity index (χ3v) is 4.46. The SMILES string of the molecule is CCOc1cccc(NCC2CC3CCN2CC3)c1. The van der Waals surface area contributed by atoms with E-state index in [-0.39, 0.29) is 0 Å². The maximum Gasteiger partial charge on any atom is 0.121 e. The Balaban J connectivity index is 1.55. The zero-order valence-electron chi connectivity index (χ0n) is 11.8. The van der Waals surface area contributed by atoms with E-state index in [0.29, 0.717) is 0 Å². The van der Waals surface area contributed by atoms with Crippen molar-refractivity contribution in [2.45, 2.75) is 32.2 Å². The van der Waals surface area contributed by atoms with Gasteiger partial charge in [0, 0.05) is 24.3 Å². The number of hydrogen-bond donors (Lipinski definition) is 1. The van der Waals surface area contributed by atoms with Crippen molar-refractivity contribution >= 4 is 5.69 Å². The van der Waals surface area contributed by atoms with Gasteiger partial charge in [0.15, 0.2) is 0 Å². The van der Waals surface area contributed by atoms with Crippen LogP contribution in [0.15, 0.2) is 24.3 Å². The van der Waals surface area contributed by atoms with E-state index in [4.69, 9.17) is 4.74 Å². The minimum Gasteiger partial charge on any atom is -0.494 e. The van der Waals surface area contributed by atoms with Crippen LogP contribution in [-0.2, 0) is 0 Å². The summed E-state index contributed by atoms with van der Waals surface area (Å²) in [4.78, 5) is 2.65. The highest BCUT2D eigenvalue weighted by Gasteiger charge is 2.32. The summed E-state index contributed by atoms with van der Waals surface area (Å²) in [6.45, 7) is 6.41. The molecule has 0 saturated carbocycles. The quantitative estimate of drug-likeness (QED) is 0.881. The lowest BCUT2D eigenvalue weighted by molar-refractivity contribution is 0.0563. The van der Waals surface area contributed by atoms with Crippen LogP contribution in [0.2, 0.25) is 0 Å². The lowest BCUT2D eigenvalue weighted by atomic mass is 9.83. The zero-order valence-corrected chi connectivity index (χ0v) is 11.8. The Morgan fingerprint density at radius 1 is 1.32 bits per heavy atom. The second-order valence-corrected chi connectivity index (χ2v) is 5.71. The summed E-state index contributed by atoms with van der Waals surface area (Å²) in [6.07, 6.45) is 4.20. The highest BCUT2D eigenvalue weighted by molar-refractivity contribution is 5.48. The molecule has 3 fully saturated rings. The number of anilines is 1. The van der Waals surface area contributed by atoms with Crippen LogP contribution in [0.25, 0.3) is 0 Å². The first-order valence-electron chi connectivity index (χ1n) is 7.56. The molecule has 104 valence electrons. The van der Waals surface area contributed by atoms with Crippen molar-refractivity contribution in [2.75, 3.05) is 31.6 Å². The van der Waals surface area contributed by atoms with E-state index in [0.717, 1.165) is 30.9 Å². The fraction of sp³-hybridized carbons (Fsp3) is 0.625. The van der Waals surface area contributed by atoms with Crippen molar-refractivity contribution in [1.29, 1.82) is 0 Å². The highest BCUT2D eigenvalue weighted by atomic mass is 16.5. The molecule has 0 aromatic heterocycles. The predicted octanol–water partition coefficient (Wildman–Crippen LogP) is 2.98. The Morgan fingerprint density at radius 3 is 2.84 bits per heavy atom. The van der Waals surface area contributed by atoms with Gasteiger partial charge >= 0.3 is 0 Å². The average Bonchev–Trinajstić information content (AvgIpc) is 2.47. The molecule has 1 aromatic rings. The van der Waals surface area contributed by atoms with Gasteiger partial charge in [0.2, 0.25) is 0 Å². The Labute approximate surface area is 115 Å². The Kier molecular flexibility index (Phi) is 3.92. The van der Waals surface area contributed by atoms with Gasteiger partial charge in [0.25, 0.3) is 0 Å². The molecule has 1 aromatic carbocycles. The molecule has 1 atom stereocenters. The van der Waals surface area contributed by atoms with Gasteiger partial charge < -0.3 is 10.1 Å². The topological polar surface area (TPSA) is 24.5 Å². The third-order valence-electron chi connectivity index (χ3n) is 4.46. The predicted molar refractivity (Wildman–Crippen MR) is 78.8 cm³/mol. The molecule has 2 bridgehead atoms. The smallest absolute Gasteiger partial charge is 0.121 e. The highest BCUT2D eigenvalue weighted by Crippen LogP contribution is 2.31. The second-order valence-electron chi connectivity index (χ2n) is 5.71. The van der Waals surface area contributed by atoms with Crippen LogP contribution in [0.5, 0.6) is 5.75 Å². The molecule has 0 aliphatic carbocycles. The fourth-order valence-electron chi connectivity index (χ4n) is 3.40. The summed E-state index contributed by atoms with van der Waals surface area (Å²) in [5, 5.41) is 3.58. The van der Waals surface area contributed by atoms with E-state index in [9.17, 15) is 0 Å². The monoisotopic (exact) mass is 260 g/mol. The molecule has 0 amide bonds. The Bertz CT molecular complexity index is 413. The van der Waals surface area contributed by atoms with Gasteiger partial charge in [-0.3, -0.25) is 4.90 Å². The standard InChI is InChI=1S/C16H24N2O/c1-2-19-16-5-3-4-14(11-16)17-12-15-10-13-6-8-18(15)9-7-13/h3-5,11,13,15,17H,2,6-10,12H2,1H3. The molecule has 1 N–H and O–H groups in total. The normalized spacial score (nSPS) is 29.2. The van der Waals surface area contributed by atoms with Gasteiger partial charge in [0.1, 0.15) is 5.75 Å². The number of piperidine rings is 3.